The van der Waals surface area contributed by atoms with Crippen molar-refractivity contribution in [1.82, 2.24) is 5.32 Å². The molecule has 9 heteroatoms. The van der Waals surface area contributed by atoms with E-state index in [1.165, 1.54) is 6.42 Å². The third kappa shape index (κ3) is 8.46. The number of amides is 2. The number of nitrogens with two attached hydrogens (primary N) is 2. The smallest absolute Gasteiger partial charge is 0.237 e. The number of aliphatic hydroxyl groups is 1. The van der Waals surface area contributed by atoms with Gasteiger partial charge in [-0.15, -0.1) is 0 Å². The zero-order valence-corrected chi connectivity index (χ0v) is 14.2. The molecule has 0 spiro atoms. The van der Waals surface area contributed by atoms with Crippen molar-refractivity contribution >= 4 is 19.2 Å². The van der Waals surface area contributed by atoms with E-state index in [4.69, 9.17) is 11.5 Å². The Labute approximate surface area is 136 Å². The van der Waals surface area contributed by atoms with Crippen LogP contribution in [0.5, 0.6) is 0 Å². The maximum atomic E-state index is 12.2. The van der Waals surface area contributed by atoms with Crippen LogP contribution < -0.4 is 16.8 Å². The van der Waals surface area contributed by atoms with Gasteiger partial charge in [0, 0.05) is 12.7 Å². The monoisotopic (exact) mass is 349 g/mol. The Morgan fingerprint density at radius 2 is 1.87 bits per heavy atom. The van der Waals surface area contributed by atoms with Crippen LogP contribution in [0.3, 0.4) is 0 Å². The third-order valence-electron chi connectivity index (χ3n) is 4.03. The van der Waals surface area contributed by atoms with Crippen molar-refractivity contribution < 1.29 is 24.2 Å². The SMILES string of the molecule is NC(=O)C[C@H](N)C(=O)NC[C@H](O)CP(=O)(O)CC1CCCCC1. The van der Waals surface area contributed by atoms with Gasteiger partial charge in [0.05, 0.1) is 24.7 Å². The molecule has 3 atom stereocenters. The molecule has 0 aromatic rings. The molecule has 1 aliphatic rings. The summed E-state index contributed by atoms with van der Waals surface area (Å²) in [5.74, 6) is -1.08. The molecular weight excluding hydrogens is 321 g/mol. The van der Waals surface area contributed by atoms with E-state index in [9.17, 15) is 24.2 Å². The summed E-state index contributed by atoms with van der Waals surface area (Å²) in [7, 11) is -3.43. The van der Waals surface area contributed by atoms with Crippen molar-refractivity contribution in [3.05, 3.63) is 0 Å². The maximum absolute atomic E-state index is 12.2. The minimum absolute atomic E-state index is 0.180. The quantitative estimate of drug-likeness (QED) is 0.354. The van der Waals surface area contributed by atoms with Crippen LogP contribution >= 0.6 is 7.37 Å². The Balaban J connectivity index is 2.33. The van der Waals surface area contributed by atoms with Crippen LogP contribution in [0.2, 0.25) is 0 Å². The number of aliphatic hydroxyl groups excluding tert-OH is 1. The molecule has 23 heavy (non-hydrogen) atoms. The van der Waals surface area contributed by atoms with Crippen LogP contribution in [0.25, 0.3) is 0 Å². The highest BCUT2D eigenvalue weighted by Gasteiger charge is 2.28. The third-order valence-corrected chi connectivity index (χ3v) is 6.11. The number of primary amides is 1. The lowest BCUT2D eigenvalue weighted by atomic mass is 9.91. The van der Waals surface area contributed by atoms with E-state index < -0.39 is 31.3 Å². The van der Waals surface area contributed by atoms with E-state index in [2.05, 4.69) is 5.32 Å². The van der Waals surface area contributed by atoms with Crippen molar-refractivity contribution in [1.29, 1.82) is 0 Å². The molecule has 8 nitrogen and oxygen atoms in total. The molecule has 1 aliphatic carbocycles. The summed E-state index contributed by atoms with van der Waals surface area (Å²) in [5, 5.41) is 12.2. The summed E-state index contributed by atoms with van der Waals surface area (Å²) in [4.78, 5) is 32.3. The van der Waals surface area contributed by atoms with Crippen LogP contribution in [0, 0.1) is 5.92 Å². The van der Waals surface area contributed by atoms with Gasteiger partial charge in [-0.2, -0.15) is 0 Å². The van der Waals surface area contributed by atoms with Crippen LogP contribution in [0.1, 0.15) is 38.5 Å². The predicted molar refractivity (Wildman–Crippen MR) is 86.9 cm³/mol. The van der Waals surface area contributed by atoms with E-state index in [1.807, 2.05) is 0 Å². The lowest BCUT2D eigenvalue weighted by Crippen LogP contribution is -2.45. The van der Waals surface area contributed by atoms with Gasteiger partial charge in [-0.1, -0.05) is 19.3 Å². The molecule has 0 heterocycles. The maximum Gasteiger partial charge on any atom is 0.237 e. The summed E-state index contributed by atoms with van der Waals surface area (Å²) in [5.41, 5.74) is 10.4. The first kappa shape index (κ1) is 20.1. The molecule has 2 amide bonds. The highest BCUT2D eigenvalue weighted by molar-refractivity contribution is 7.58. The van der Waals surface area contributed by atoms with Crippen molar-refractivity contribution in [2.45, 2.75) is 50.7 Å². The Kier molecular flexibility index (Phi) is 8.19. The summed E-state index contributed by atoms with van der Waals surface area (Å²) in [6, 6.07) is -1.08. The summed E-state index contributed by atoms with van der Waals surface area (Å²) < 4.78 is 12.2. The lowest BCUT2D eigenvalue weighted by Gasteiger charge is -2.25. The molecule has 1 fully saturated rings. The largest absolute Gasteiger partial charge is 0.391 e. The number of nitrogens with one attached hydrogen (secondary N) is 1. The topological polar surface area (TPSA) is 156 Å². The first-order valence-electron chi connectivity index (χ1n) is 8.00. The van der Waals surface area contributed by atoms with E-state index in [0.717, 1.165) is 25.7 Å². The van der Waals surface area contributed by atoms with Crippen LogP contribution in [-0.2, 0) is 14.2 Å². The molecule has 0 saturated heterocycles. The van der Waals surface area contributed by atoms with Gasteiger partial charge in [-0.3, -0.25) is 14.2 Å². The van der Waals surface area contributed by atoms with Gasteiger partial charge in [0.15, 0.2) is 0 Å². The number of hydrogen-bond acceptors (Lipinski definition) is 5. The second kappa shape index (κ2) is 9.37. The van der Waals surface area contributed by atoms with E-state index in [-0.39, 0.29) is 31.2 Å². The number of carbonyl (C=O) groups is 2. The molecular formula is C14H28N3O5P. The molecule has 0 bridgehead atoms. The highest BCUT2D eigenvalue weighted by Crippen LogP contribution is 2.45. The molecule has 7 N–H and O–H groups in total. The predicted octanol–water partition coefficient (Wildman–Crippen LogP) is -0.483. The average molecular weight is 349 g/mol. The fourth-order valence-electron chi connectivity index (χ4n) is 2.90. The second-order valence-electron chi connectivity index (χ2n) is 6.39. The fraction of sp³-hybridized carbons (Fsp3) is 0.857. The number of hydrogen-bond donors (Lipinski definition) is 5. The van der Waals surface area contributed by atoms with E-state index >= 15 is 0 Å². The summed E-state index contributed by atoms with van der Waals surface area (Å²) in [6.07, 6.45) is 3.81. The van der Waals surface area contributed by atoms with Crippen molar-refractivity contribution in [2.24, 2.45) is 17.4 Å². The Morgan fingerprint density at radius 3 is 2.43 bits per heavy atom. The fourth-order valence-corrected chi connectivity index (χ4v) is 5.01. The average Bonchev–Trinajstić information content (AvgIpc) is 2.43. The minimum atomic E-state index is -3.43. The standard InChI is InChI=1S/C14H28N3O5P/c15-12(6-13(16)19)14(20)17-7-11(18)9-23(21,22)8-10-4-2-1-3-5-10/h10-12,18H,1-9,15H2,(H2,16,19)(H,17,20)(H,21,22)/t11-,12-/m0/s1. The van der Waals surface area contributed by atoms with Gasteiger partial charge < -0.3 is 26.8 Å². The highest BCUT2D eigenvalue weighted by atomic mass is 31.2. The molecule has 0 aliphatic heterocycles. The van der Waals surface area contributed by atoms with Gasteiger partial charge in [0.25, 0.3) is 0 Å². The van der Waals surface area contributed by atoms with Gasteiger partial charge in [0.2, 0.25) is 19.2 Å². The zero-order chi connectivity index (χ0) is 17.5. The van der Waals surface area contributed by atoms with Crippen LogP contribution in [0.4, 0.5) is 0 Å². The molecule has 134 valence electrons. The Morgan fingerprint density at radius 1 is 1.26 bits per heavy atom. The van der Waals surface area contributed by atoms with Crippen molar-refractivity contribution in [3.63, 3.8) is 0 Å². The van der Waals surface area contributed by atoms with Crippen molar-refractivity contribution in [2.75, 3.05) is 18.9 Å². The Bertz CT molecular complexity index is 454. The van der Waals surface area contributed by atoms with Crippen LogP contribution in [0.15, 0.2) is 0 Å². The minimum Gasteiger partial charge on any atom is -0.391 e. The molecule has 1 unspecified atom stereocenters. The first-order chi connectivity index (χ1) is 10.7. The zero-order valence-electron chi connectivity index (χ0n) is 13.3. The van der Waals surface area contributed by atoms with Crippen LogP contribution in [-0.4, -0.2) is 52.8 Å². The Hall–Kier alpha value is -0.950. The van der Waals surface area contributed by atoms with E-state index in [0.29, 0.717) is 0 Å². The normalized spacial score (nSPS) is 21.2. The van der Waals surface area contributed by atoms with Gasteiger partial charge in [-0.05, 0) is 18.8 Å². The van der Waals surface area contributed by atoms with Crippen molar-refractivity contribution in [3.8, 4) is 0 Å². The van der Waals surface area contributed by atoms with Gasteiger partial charge >= 0.3 is 0 Å². The number of carbonyl (C=O) groups excluding carboxylic acids is 2. The number of rotatable bonds is 9. The molecule has 1 rings (SSSR count). The lowest BCUT2D eigenvalue weighted by molar-refractivity contribution is -0.126. The molecule has 0 aromatic heterocycles. The second-order valence-corrected chi connectivity index (χ2v) is 8.81. The first-order valence-corrected chi connectivity index (χ1v) is 10.0. The summed E-state index contributed by atoms with van der Waals surface area (Å²) >= 11 is 0. The molecule has 1 saturated carbocycles. The van der Waals surface area contributed by atoms with Gasteiger partial charge in [-0.25, -0.2) is 0 Å². The molecule has 0 aromatic carbocycles. The van der Waals surface area contributed by atoms with E-state index in [1.54, 1.807) is 0 Å². The van der Waals surface area contributed by atoms with Gasteiger partial charge in [0.1, 0.15) is 0 Å². The molecule has 0 radical (unpaired) electrons. The summed E-state index contributed by atoms with van der Waals surface area (Å²) in [6.45, 7) is -0.180.